The van der Waals surface area contributed by atoms with Crippen LogP contribution in [-0.4, -0.2) is 22.8 Å². The molecule has 0 aromatic carbocycles. The number of nitriles is 1. The molecule has 1 atom stereocenters. The van der Waals surface area contributed by atoms with Crippen LogP contribution in [0.1, 0.15) is 44.1 Å². The summed E-state index contributed by atoms with van der Waals surface area (Å²) < 4.78 is 0. The zero-order valence-corrected chi connectivity index (χ0v) is 10.5. The molecule has 1 aliphatic heterocycles. The Morgan fingerprint density at radius 1 is 1.22 bits per heavy atom. The molecule has 1 unspecified atom stereocenters. The predicted molar refractivity (Wildman–Crippen MR) is 69.1 cm³/mol. The summed E-state index contributed by atoms with van der Waals surface area (Å²) in [6.07, 6.45) is 9.45. The van der Waals surface area contributed by atoms with Crippen LogP contribution in [0.3, 0.4) is 0 Å². The van der Waals surface area contributed by atoms with Crippen LogP contribution in [0.15, 0.2) is 12.3 Å². The normalized spacial score (nSPS) is 24.4. The quantitative estimate of drug-likeness (QED) is 0.799. The van der Waals surface area contributed by atoms with E-state index in [0.717, 1.165) is 18.3 Å². The van der Waals surface area contributed by atoms with Gasteiger partial charge in [-0.25, -0.2) is 0 Å². The highest BCUT2D eigenvalue weighted by atomic mass is 15.3. The third-order valence-electron chi connectivity index (χ3n) is 4.34. The highest BCUT2D eigenvalue weighted by Crippen LogP contribution is 2.37. The minimum absolute atomic E-state index is 0.580. The lowest BCUT2D eigenvalue weighted by molar-refractivity contribution is 0.428. The van der Waals surface area contributed by atoms with Crippen LogP contribution in [0.2, 0.25) is 0 Å². The fraction of sp³-hybridized carbons (Fsp3) is 0.643. The zero-order chi connectivity index (χ0) is 12.4. The van der Waals surface area contributed by atoms with Gasteiger partial charge in [-0.05, 0) is 37.7 Å². The SMILES string of the molecule is N#Cc1ccnnc1N1CCCC1C1CCCC1. The molecule has 1 aliphatic carbocycles. The van der Waals surface area contributed by atoms with Gasteiger partial charge in [-0.3, -0.25) is 0 Å². The monoisotopic (exact) mass is 242 g/mol. The van der Waals surface area contributed by atoms with Crippen molar-refractivity contribution in [3.63, 3.8) is 0 Å². The first-order valence-electron chi connectivity index (χ1n) is 6.88. The number of aromatic nitrogens is 2. The van der Waals surface area contributed by atoms with E-state index in [1.807, 2.05) is 0 Å². The van der Waals surface area contributed by atoms with Crippen molar-refractivity contribution in [2.45, 2.75) is 44.6 Å². The van der Waals surface area contributed by atoms with E-state index < -0.39 is 0 Å². The van der Waals surface area contributed by atoms with Gasteiger partial charge in [0.05, 0.1) is 11.8 Å². The zero-order valence-electron chi connectivity index (χ0n) is 10.5. The van der Waals surface area contributed by atoms with Crippen molar-refractivity contribution in [3.05, 3.63) is 17.8 Å². The molecule has 2 fully saturated rings. The Kier molecular flexibility index (Phi) is 3.14. The number of hydrogen-bond donors (Lipinski definition) is 0. The Hall–Kier alpha value is -1.63. The third-order valence-corrected chi connectivity index (χ3v) is 4.34. The van der Waals surface area contributed by atoms with E-state index in [0.29, 0.717) is 11.6 Å². The van der Waals surface area contributed by atoms with Crippen LogP contribution < -0.4 is 4.90 Å². The maximum Gasteiger partial charge on any atom is 0.169 e. The summed E-state index contributed by atoms with van der Waals surface area (Å²) in [5.41, 5.74) is 0.662. The van der Waals surface area contributed by atoms with Crippen LogP contribution in [0.5, 0.6) is 0 Å². The summed E-state index contributed by atoms with van der Waals surface area (Å²) in [4.78, 5) is 2.33. The van der Waals surface area contributed by atoms with Gasteiger partial charge in [0, 0.05) is 12.6 Å². The second kappa shape index (κ2) is 4.93. The molecule has 1 saturated carbocycles. The number of anilines is 1. The van der Waals surface area contributed by atoms with Crippen molar-refractivity contribution >= 4 is 5.82 Å². The average Bonchev–Trinajstić information content (AvgIpc) is 3.09. The minimum Gasteiger partial charge on any atom is -0.351 e. The summed E-state index contributed by atoms with van der Waals surface area (Å²) in [5, 5.41) is 17.3. The first-order valence-corrected chi connectivity index (χ1v) is 6.88. The average molecular weight is 242 g/mol. The van der Waals surface area contributed by atoms with Crippen LogP contribution >= 0.6 is 0 Å². The van der Waals surface area contributed by atoms with E-state index >= 15 is 0 Å². The second-order valence-electron chi connectivity index (χ2n) is 5.33. The second-order valence-corrected chi connectivity index (χ2v) is 5.33. The lowest BCUT2D eigenvalue weighted by Crippen LogP contribution is -2.35. The van der Waals surface area contributed by atoms with Gasteiger partial charge in [0.2, 0.25) is 0 Å². The van der Waals surface area contributed by atoms with E-state index in [4.69, 9.17) is 0 Å². The molecule has 0 bridgehead atoms. The molecular weight excluding hydrogens is 224 g/mol. The third kappa shape index (κ3) is 1.94. The summed E-state index contributed by atoms with van der Waals surface area (Å²) in [5.74, 6) is 1.59. The molecule has 1 saturated heterocycles. The molecule has 4 heteroatoms. The van der Waals surface area contributed by atoms with Gasteiger partial charge in [-0.1, -0.05) is 12.8 Å². The van der Waals surface area contributed by atoms with Gasteiger partial charge < -0.3 is 4.90 Å². The Morgan fingerprint density at radius 2 is 2.06 bits per heavy atom. The molecule has 2 heterocycles. The van der Waals surface area contributed by atoms with Gasteiger partial charge in [-0.2, -0.15) is 10.4 Å². The van der Waals surface area contributed by atoms with Crippen LogP contribution in [-0.2, 0) is 0 Å². The molecule has 18 heavy (non-hydrogen) atoms. The number of nitrogens with zero attached hydrogens (tertiary/aromatic N) is 4. The van der Waals surface area contributed by atoms with Crippen LogP contribution in [0.25, 0.3) is 0 Å². The van der Waals surface area contributed by atoms with E-state index in [1.165, 1.54) is 38.5 Å². The van der Waals surface area contributed by atoms with E-state index in [9.17, 15) is 5.26 Å². The van der Waals surface area contributed by atoms with Crippen molar-refractivity contribution in [1.82, 2.24) is 10.2 Å². The lowest BCUT2D eigenvalue weighted by Gasteiger charge is -2.30. The summed E-state index contributed by atoms with van der Waals surface area (Å²) in [6.45, 7) is 1.02. The van der Waals surface area contributed by atoms with E-state index in [2.05, 4.69) is 21.2 Å². The summed E-state index contributed by atoms with van der Waals surface area (Å²) in [6, 6.07) is 4.59. The summed E-state index contributed by atoms with van der Waals surface area (Å²) >= 11 is 0. The van der Waals surface area contributed by atoms with Gasteiger partial charge in [0.15, 0.2) is 5.82 Å². The van der Waals surface area contributed by atoms with Crippen molar-refractivity contribution < 1.29 is 0 Å². The smallest absolute Gasteiger partial charge is 0.169 e. The van der Waals surface area contributed by atoms with Gasteiger partial charge >= 0.3 is 0 Å². The molecule has 1 aromatic rings. The first-order chi connectivity index (χ1) is 8.90. The highest BCUT2D eigenvalue weighted by Gasteiger charge is 2.35. The van der Waals surface area contributed by atoms with E-state index in [1.54, 1.807) is 12.3 Å². The van der Waals surface area contributed by atoms with Crippen LogP contribution in [0, 0.1) is 17.2 Å². The molecule has 94 valence electrons. The summed E-state index contributed by atoms with van der Waals surface area (Å²) in [7, 11) is 0. The molecule has 4 nitrogen and oxygen atoms in total. The molecule has 2 aliphatic rings. The fourth-order valence-corrected chi connectivity index (χ4v) is 3.51. The maximum absolute atomic E-state index is 9.19. The Bertz CT molecular complexity index is 459. The molecule has 0 radical (unpaired) electrons. The molecule has 0 spiro atoms. The van der Waals surface area contributed by atoms with Gasteiger partial charge in [0.1, 0.15) is 6.07 Å². The van der Waals surface area contributed by atoms with Crippen molar-refractivity contribution in [3.8, 4) is 6.07 Å². The van der Waals surface area contributed by atoms with Crippen LogP contribution in [0.4, 0.5) is 5.82 Å². The molecular formula is C14H18N4. The number of hydrogen-bond acceptors (Lipinski definition) is 4. The van der Waals surface area contributed by atoms with Gasteiger partial charge in [-0.15, -0.1) is 5.10 Å². The molecule has 1 aromatic heterocycles. The Balaban J connectivity index is 1.88. The van der Waals surface area contributed by atoms with Gasteiger partial charge in [0.25, 0.3) is 0 Å². The Morgan fingerprint density at radius 3 is 2.83 bits per heavy atom. The minimum atomic E-state index is 0.580. The first kappa shape index (κ1) is 11.5. The number of rotatable bonds is 2. The topological polar surface area (TPSA) is 52.8 Å². The highest BCUT2D eigenvalue weighted by molar-refractivity contribution is 5.54. The maximum atomic E-state index is 9.19. The van der Waals surface area contributed by atoms with E-state index in [-0.39, 0.29) is 0 Å². The molecule has 3 rings (SSSR count). The fourth-order valence-electron chi connectivity index (χ4n) is 3.51. The Labute approximate surface area is 108 Å². The standard InChI is InChI=1S/C14H18N4/c15-10-12-7-8-16-17-14(12)18-9-3-6-13(18)11-4-1-2-5-11/h7-8,11,13H,1-6,9H2. The van der Waals surface area contributed by atoms with Crippen molar-refractivity contribution in [1.29, 1.82) is 5.26 Å². The van der Waals surface area contributed by atoms with Crippen molar-refractivity contribution in [2.24, 2.45) is 5.92 Å². The largest absolute Gasteiger partial charge is 0.351 e. The van der Waals surface area contributed by atoms with Crippen molar-refractivity contribution in [2.75, 3.05) is 11.4 Å². The molecule has 0 N–H and O–H groups in total. The lowest BCUT2D eigenvalue weighted by atomic mass is 9.96. The predicted octanol–water partition coefficient (Wildman–Crippen LogP) is 2.51. The molecule has 0 amide bonds.